The van der Waals surface area contributed by atoms with Gasteiger partial charge in [0.2, 0.25) is 0 Å². The molecule has 0 aliphatic carbocycles. The van der Waals surface area contributed by atoms with E-state index in [4.69, 9.17) is 9.84 Å². The molecule has 20 heavy (non-hydrogen) atoms. The second kappa shape index (κ2) is 6.60. The average Bonchev–Trinajstić information content (AvgIpc) is 2.89. The SMILES string of the molecule is COCC(CCO)NC(=O)c1cnc2sccn2c1=O. The van der Waals surface area contributed by atoms with E-state index in [0.29, 0.717) is 11.4 Å². The van der Waals surface area contributed by atoms with E-state index in [2.05, 4.69) is 10.3 Å². The zero-order valence-electron chi connectivity index (χ0n) is 10.9. The molecule has 0 aromatic carbocycles. The van der Waals surface area contributed by atoms with E-state index >= 15 is 0 Å². The maximum atomic E-state index is 12.1. The van der Waals surface area contributed by atoms with Crippen LogP contribution in [0, 0.1) is 0 Å². The number of nitrogens with one attached hydrogen (secondary N) is 1. The number of carbonyl (C=O) groups is 1. The highest BCUT2D eigenvalue weighted by atomic mass is 32.1. The number of thiazole rings is 1. The molecule has 0 radical (unpaired) electrons. The number of nitrogens with zero attached hydrogens (tertiary/aromatic N) is 2. The van der Waals surface area contributed by atoms with Crippen molar-refractivity contribution in [2.45, 2.75) is 12.5 Å². The van der Waals surface area contributed by atoms with E-state index in [1.807, 2.05) is 0 Å². The van der Waals surface area contributed by atoms with E-state index in [0.717, 1.165) is 0 Å². The molecule has 2 aromatic heterocycles. The minimum atomic E-state index is -0.515. The van der Waals surface area contributed by atoms with Gasteiger partial charge in [0.25, 0.3) is 11.5 Å². The minimum Gasteiger partial charge on any atom is -0.396 e. The van der Waals surface area contributed by atoms with Crippen LogP contribution in [0.15, 0.2) is 22.6 Å². The lowest BCUT2D eigenvalue weighted by Crippen LogP contribution is -2.41. The number of ether oxygens (including phenoxy) is 1. The summed E-state index contributed by atoms with van der Waals surface area (Å²) in [7, 11) is 1.50. The van der Waals surface area contributed by atoms with Crippen LogP contribution in [0.25, 0.3) is 4.96 Å². The summed E-state index contributed by atoms with van der Waals surface area (Å²) in [6.45, 7) is 0.191. The zero-order valence-corrected chi connectivity index (χ0v) is 11.7. The summed E-state index contributed by atoms with van der Waals surface area (Å²) in [5.74, 6) is -0.515. The van der Waals surface area contributed by atoms with Crippen molar-refractivity contribution < 1.29 is 14.6 Å². The summed E-state index contributed by atoms with van der Waals surface area (Å²) in [5, 5.41) is 13.3. The maximum absolute atomic E-state index is 12.1. The molecule has 0 spiro atoms. The first-order valence-electron chi connectivity index (χ1n) is 6.03. The molecular weight excluding hydrogens is 282 g/mol. The van der Waals surface area contributed by atoms with Crippen LogP contribution in [-0.4, -0.2) is 46.8 Å². The quantitative estimate of drug-likeness (QED) is 0.775. The topological polar surface area (TPSA) is 92.9 Å². The molecule has 2 rings (SSSR count). The van der Waals surface area contributed by atoms with Crippen LogP contribution < -0.4 is 10.9 Å². The van der Waals surface area contributed by atoms with Crippen LogP contribution in [0.3, 0.4) is 0 Å². The van der Waals surface area contributed by atoms with Crippen LogP contribution in [0.4, 0.5) is 0 Å². The Morgan fingerprint density at radius 3 is 3.15 bits per heavy atom. The third-order valence-corrected chi connectivity index (χ3v) is 3.54. The molecule has 8 heteroatoms. The van der Waals surface area contributed by atoms with Crippen LogP contribution in [0.2, 0.25) is 0 Å². The summed E-state index contributed by atoms with van der Waals surface area (Å²) in [6.07, 6.45) is 3.20. The van der Waals surface area contributed by atoms with Crippen molar-refractivity contribution in [3.63, 3.8) is 0 Å². The first-order valence-corrected chi connectivity index (χ1v) is 6.91. The monoisotopic (exact) mass is 297 g/mol. The predicted molar refractivity (Wildman–Crippen MR) is 74.2 cm³/mol. The number of hydrogen-bond acceptors (Lipinski definition) is 6. The van der Waals surface area contributed by atoms with Crippen molar-refractivity contribution in [3.05, 3.63) is 33.7 Å². The van der Waals surface area contributed by atoms with Gasteiger partial charge in [-0.05, 0) is 6.42 Å². The molecule has 2 N–H and O–H groups in total. The van der Waals surface area contributed by atoms with Gasteiger partial charge in [0, 0.05) is 31.5 Å². The van der Waals surface area contributed by atoms with Crippen molar-refractivity contribution in [1.82, 2.24) is 14.7 Å². The molecule has 2 heterocycles. The van der Waals surface area contributed by atoms with Crippen molar-refractivity contribution in [3.8, 4) is 0 Å². The van der Waals surface area contributed by atoms with Gasteiger partial charge in [-0.25, -0.2) is 4.98 Å². The van der Waals surface area contributed by atoms with Crippen molar-refractivity contribution in [1.29, 1.82) is 0 Å². The van der Waals surface area contributed by atoms with E-state index in [9.17, 15) is 9.59 Å². The Hall–Kier alpha value is -1.77. The molecule has 2 aromatic rings. The lowest BCUT2D eigenvalue weighted by molar-refractivity contribution is 0.0876. The fraction of sp³-hybridized carbons (Fsp3) is 0.417. The Balaban J connectivity index is 2.22. The van der Waals surface area contributed by atoms with Gasteiger partial charge < -0.3 is 15.2 Å². The van der Waals surface area contributed by atoms with E-state index in [1.165, 1.54) is 29.0 Å². The van der Waals surface area contributed by atoms with Crippen LogP contribution in [-0.2, 0) is 4.74 Å². The Morgan fingerprint density at radius 1 is 1.65 bits per heavy atom. The number of hydrogen-bond donors (Lipinski definition) is 2. The van der Waals surface area contributed by atoms with E-state index in [-0.39, 0.29) is 24.8 Å². The predicted octanol–water partition coefficient (Wildman–Crippen LogP) is -0.117. The number of aliphatic hydroxyl groups excluding tert-OH is 1. The maximum Gasteiger partial charge on any atom is 0.271 e. The summed E-state index contributed by atoms with van der Waals surface area (Å²) < 4.78 is 6.29. The Bertz CT molecular complexity index is 645. The Morgan fingerprint density at radius 2 is 2.45 bits per heavy atom. The van der Waals surface area contributed by atoms with Gasteiger partial charge in [0.15, 0.2) is 4.96 Å². The minimum absolute atomic E-state index is 0.0278. The zero-order chi connectivity index (χ0) is 14.5. The Kier molecular flexibility index (Phi) is 4.83. The van der Waals surface area contributed by atoms with Crippen molar-refractivity contribution in [2.75, 3.05) is 20.3 Å². The number of methoxy groups -OCH3 is 1. The van der Waals surface area contributed by atoms with Gasteiger partial charge in [-0.1, -0.05) is 0 Å². The summed E-state index contributed by atoms with van der Waals surface area (Å²) >= 11 is 1.32. The third-order valence-electron chi connectivity index (χ3n) is 2.77. The first kappa shape index (κ1) is 14.6. The standard InChI is InChI=1S/C12H15N3O4S/c1-19-7-8(2-4-16)14-10(17)9-6-13-12-15(11(9)18)3-5-20-12/h3,5-6,8,16H,2,4,7H2,1H3,(H,14,17). The number of aliphatic hydroxyl groups is 1. The number of rotatable bonds is 6. The first-order chi connectivity index (χ1) is 9.67. The van der Waals surface area contributed by atoms with Gasteiger partial charge in [-0.15, -0.1) is 11.3 Å². The molecule has 0 aliphatic rings. The van der Waals surface area contributed by atoms with Gasteiger partial charge in [-0.2, -0.15) is 0 Å². The molecule has 0 fully saturated rings. The highest BCUT2D eigenvalue weighted by molar-refractivity contribution is 7.15. The van der Waals surface area contributed by atoms with Crippen LogP contribution >= 0.6 is 11.3 Å². The fourth-order valence-electron chi connectivity index (χ4n) is 1.80. The third kappa shape index (κ3) is 3.03. The van der Waals surface area contributed by atoms with Crippen molar-refractivity contribution >= 4 is 22.2 Å². The molecular formula is C12H15N3O4S. The largest absolute Gasteiger partial charge is 0.396 e. The van der Waals surface area contributed by atoms with E-state index in [1.54, 1.807) is 11.6 Å². The number of amides is 1. The average molecular weight is 297 g/mol. The van der Waals surface area contributed by atoms with Gasteiger partial charge >= 0.3 is 0 Å². The van der Waals surface area contributed by atoms with Crippen molar-refractivity contribution in [2.24, 2.45) is 0 Å². The highest BCUT2D eigenvalue weighted by Gasteiger charge is 2.17. The summed E-state index contributed by atoms with van der Waals surface area (Å²) in [4.78, 5) is 28.8. The van der Waals surface area contributed by atoms with Crippen LogP contribution in [0.1, 0.15) is 16.8 Å². The molecule has 1 atom stereocenters. The van der Waals surface area contributed by atoms with Gasteiger partial charge in [0.05, 0.1) is 12.6 Å². The molecule has 108 valence electrons. The smallest absolute Gasteiger partial charge is 0.271 e. The highest BCUT2D eigenvalue weighted by Crippen LogP contribution is 2.06. The molecule has 0 saturated carbocycles. The second-order valence-electron chi connectivity index (χ2n) is 4.17. The normalized spacial score (nSPS) is 12.5. The molecule has 7 nitrogen and oxygen atoms in total. The molecule has 0 aliphatic heterocycles. The number of fused-ring (bicyclic) bond motifs is 1. The molecule has 0 saturated heterocycles. The molecule has 1 amide bonds. The molecule has 1 unspecified atom stereocenters. The lowest BCUT2D eigenvalue weighted by Gasteiger charge is -2.16. The van der Waals surface area contributed by atoms with E-state index < -0.39 is 11.5 Å². The number of carbonyl (C=O) groups excluding carboxylic acids is 1. The Labute approximate surface area is 118 Å². The summed E-state index contributed by atoms with van der Waals surface area (Å²) in [6, 6.07) is -0.347. The van der Waals surface area contributed by atoms with Gasteiger partial charge in [0.1, 0.15) is 5.56 Å². The number of aromatic nitrogens is 2. The van der Waals surface area contributed by atoms with Crippen LogP contribution in [0.5, 0.6) is 0 Å². The lowest BCUT2D eigenvalue weighted by atomic mass is 10.2. The van der Waals surface area contributed by atoms with Gasteiger partial charge in [-0.3, -0.25) is 14.0 Å². The fourth-order valence-corrected chi connectivity index (χ4v) is 2.47. The summed E-state index contributed by atoms with van der Waals surface area (Å²) in [5.41, 5.74) is -0.436. The second-order valence-corrected chi connectivity index (χ2v) is 5.04. The molecule has 0 bridgehead atoms.